The minimum absolute atomic E-state index is 0.164. The first kappa shape index (κ1) is 21.2. The number of nitrogens with zero attached hydrogens (tertiary/aromatic N) is 4. The van der Waals surface area contributed by atoms with Gasteiger partial charge in [-0.2, -0.15) is 0 Å². The zero-order chi connectivity index (χ0) is 20.7. The van der Waals surface area contributed by atoms with E-state index in [4.69, 9.17) is 14.8 Å². The molecule has 0 unspecified atom stereocenters. The summed E-state index contributed by atoms with van der Waals surface area (Å²) in [5.41, 5.74) is 8.42. The maximum Gasteiger partial charge on any atom is 0.334 e. The Bertz CT molecular complexity index is 1010. The van der Waals surface area contributed by atoms with Crippen molar-refractivity contribution in [3.05, 3.63) is 54.1 Å². The molecule has 0 amide bonds. The molecule has 0 bridgehead atoms. The normalized spacial score (nSPS) is 12.2. The number of benzene rings is 1. The molecule has 0 atom stereocenters. The van der Waals surface area contributed by atoms with Crippen LogP contribution in [0.5, 0.6) is 0 Å². The van der Waals surface area contributed by atoms with Crippen LogP contribution >= 0.6 is 7.60 Å². The van der Waals surface area contributed by atoms with Crippen LogP contribution in [-0.2, 0) is 26.6 Å². The second kappa shape index (κ2) is 9.78. The van der Waals surface area contributed by atoms with E-state index in [1.807, 2.05) is 22.8 Å². The summed E-state index contributed by atoms with van der Waals surface area (Å²) in [6.07, 6.45) is 5.97. The van der Waals surface area contributed by atoms with E-state index in [0.717, 1.165) is 6.42 Å². The van der Waals surface area contributed by atoms with Crippen LogP contribution in [0.25, 0.3) is 17.2 Å². The lowest BCUT2D eigenvalue weighted by Crippen LogP contribution is -2.05. The molecule has 2 N–H and O–H groups in total. The van der Waals surface area contributed by atoms with Crippen LogP contribution < -0.4 is 5.73 Å². The molecular formula is C20H26N5O3P. The summed E-state index contributed by atoms with van der Waals surface area (Å²) >= 11 is 0. The van der Waals surface area contributed by atoms with Crippen LogP contribution in [0.1, 0.15) is 25.2 Å². The van der Waals surface area contributed by atoms with E-state index in [9.17, 15) is 4.57 Å². The molecule has 0 fully saturated rings. The fraction of sp³-hybridized carbons (Fsp3) is 0.350. The summed E-state index contributed by atoms with van der Waals surface area (Å²) in [6.45, 7) is 4.91. The van der Waals surface area contributed by atoms with Crippen molar-refractivity contribution >= 4 is 30.7 Å². The number of aryl methyl sites for hydroxylation is 2. The van der Waals surface area contributed by atoms with Gasteiger partial charge in [-0.15, -0.1) is 0 Å². The van der Waals surface area contributed by atoms with Gasteiger partial charge in [-0.3, -0.25) is 4.57 Å². The van der Waals surface area contributed by atoms with Crippen molar-refractivity contribution in [2.45, 2.75) is 26.8 Å². The van der Waals surface area contributed by atoms with E-state index in [-0.39, 0.29) is 6.16 Å². The number of anilines is 1. The van der Waals surface area contributed by atoms with Gasteiger partial charge in [0.25, 0.3) is 0 Å². The van der Waals surface area contributed by atoms with Gasteiger partial charge in [-0.1, -0.05) is 36.4 Å². The molecule has 2 aromatic heterocycles. The molecule has 3 aromatic rings. The van der Waals surface area contributed by atoms with Crippen LogP contribution in [0.4, 0.5) is 5.82 Å². The van der Waals surface area contributed by atoms with Crippen LogP contribution in [-0.4, -0.2) is 38.9 Å². The molecule has 9 heteroatoms. The summed E-state index contributed by atoms with van der Waals surface area (Å²) in [5, 5.41) is 0. The lowest BCUT2D eigenvalue weighted by molar-refractivity contribution is 0.222. The summed E-state index contributed by atoms with van der Waals surface area (Å²) in [7, 11) is -3.16. The zero-order valence-electron chi connectivity index (χ0n) is 16.7. The molecule has 0 radical (unpaired) electrons. The SMILES string of the molecule is CCOP(=O)(C/C=C/c1nc2c(N)ncnc2n1CCc1ccccc1)OCC. The molecule has 0 aliphatic carbocycles. The molecule has 0 aliphatic rings. The van der Waals surface area contributed by atoms with Crippen molar-refractivity contribution in [2.75, 3.05) is 25.1 Å². The van der Waals surface area contributed by atoms with Crippen LogP contribution in [0, 0.1) is 0 Å². The Morgan fingerprint density at radius 1 is 1.14 bits per heavy atom. The average molecular weight is 415 g/mol. The second-order valence-electron chi connectivity index (χ2n) is 6.32. The first-order valence-corrected chi connectivity index (χ1v) is 11.3. The number of nitrogen functional groups attached to an aromatic ring is 1. The van der Waals surface area contributed by atoms with Gasteiger partial charge in [0.05, 0.1) is 19.4 Å². The number of nitrogens with two attached hydrogens (primary N) is 1. The molecule has 3 rings (SSSR count). The summed E-state index contributed by atoms with van der Waals surface area (Å²) in [6, 6.07) is 10.2. The van der Waals surface area contributed by atoms with Crippen molar-refractivity contribution in [2.24, 2.45) is 0 Å². The first-order chi connectivity index (χ1) is 14.1. The molecule has 0 spiro atoms. The Morgan fingerprint density at radius 2 is 1.86 bits per heavy atom. The van der Waals surface area contributed by atoms with Crippen LogP contribution in [0.2, 0.25) is 0 Å². The molecule has 154 valence electrons. The topological polar surface area (TPSA) is 105 Å². The lowest BCUT2D eigenvalue weighted by atomic mass is 10.1. The van der Waals surface area contributed by atoms with Gasteiger partial charge >= 0.3 is 7.60 Å². The molecule has 1 aromatic carbocycles. The molecule has 0 saturated carbocycles. The Hall–Kier alpha value is -2.54. The Balaban J connectivity index is 1.88. The molecule has 8 nitrogen and oxygen atoms in total. The van der Waals surface area contributed by atoms with Gasteiger partial charge < -0.3 is 19.3 Å². The van der Waals surface area contributed by atoms with Crippen molar-refractivity contribution in [3.63, 3.8) is 0 Å². The van der Waals surface area contributed by atoms with Crippen molar-refractivity contribution in [3.8, 4) is 0 Å². The van der Waals surface area contributed by atoms with Crippen molar-refractivity contribution < 1.29 is 13.6 Å². The third kappa shape index (κ3) is 5.29. The molecule has 2 heterocycles. The second-order valence-corrected chi connectivity index (χ2v) is 8.42. The van der Waals surface area contributed by atoms with Gasteiger partial charge in [0.1, 0.15) is 12.2 Å². The predicted molar refractivity (Wildman–Crippen MR) is 115 cm³/mol. The maximum absolute atomic E-state index is 12.7. The standard InChI is InChI=1S/C20H26N5O3P/c1-3-27-29(26,28-4-2)14-8-11-17-24-18-19(21)22-15-23-20(18)25(17)13-12-16-9-6-5-7-10-16/h5-11,15H,3-4,12-14H2,1-2H3,(H2,21,22,23)/b11-8+. The lowest BCUT2D eigenvalue weighted by Gasteiger charge is -2.14. The average Bonchev–Trinajstić information content (AvgIpc) is 3.06. The van der Waals surface area contributed by atoms with E-state index in [0.29, 0.717) is 42.6 Å². The van der Waals surface area contributed by atoms with E-state index in [1.165, 1.54) is 11.9 Å². The van der Waals surface area contributed by atoms with E-state index in [2.05, 4.69) is 27.1 Å². The van der Waals surface area contributed by atoms with Crippen molar-refractivity contribution in [1.82, 2.24) is 19.5 Å². The highest BCUT2D eigenvalue weighted by atomic mass is 31.2. The van der Waals surface area contributed by atoms with E-state index >= 15 is 0 Å². The molecule has 0 saturated heterocycles. The smallest absolute Gasteiger partial charge is 0.334 e. The predicted octanol–water partition coefficient (Wildman–Crippen LogP) is 3.93. The number of hydrogen-bond donors (Lipinski definition) is 1. The number of aromatic nitrogens is 4. The number of fused-ring (bicyclic) bond motifs is 1. The van der Waals surface area contributed by atoms with E-state index < -0.39 is 7.60 Å². The Morgan fingerprint density at radius 3 is 2.55 bits per heavy atom. The highest BCUT2D eigenvalue weighted by Crippen LogP contribution is 2.48. The molecule has 0 aliphatic heterocycles. The summed E-state index contributed by atoms with van der Waals surface area (Å²) in [4.78, 5) is 13.0. The van der Waals surface area contributed by atoms with E-state index in [1.54, 1.807) is 26.0 Å². The third-order valence-electron chi connectivity index (χ3n) is 4.30. The number of allylic oxidation sites excluding steroid dienone is 1. The maximum atomic E-state index is 12.7. The fourth-order valence-corrected chi connectivity index (χ4v) is 4.46. The minimum atomic E-state index is -3.16. The summed E-state index contributed by atoms with van der Waals surface area (Å²) < 4.78 is 25.3. The Kier molecular flexibility index (Phi) is 7.14. The number of hydrogen-bond acceptors (Lipinski definition) is 7. The van der Waals surface area contributed by atoms with Crippen molar-refractivity contribution in [1.29, 1.82) is 0 Å². The molecular weight excluding hydrogens is 389 g/mol. The fourth-order valence-electron chi connectivity index (χ4n) is 3.03. The monoisotopic (exact) mass is 415 g/mol. The van der Waals surface area contributed by atoms with Gasteiger partial charge in [0.15, 0.2) is 17.0 Å². The third-order valence-corrected chi connectivity index (χ3v) is 6.27. The van der Waals surface area contributed by atoms with Gasteiger partial charge in [-0.05, 0) is 31.9 Å². The largest absolute Gasteiger partial charge is 0.382 e. The number of rotatable bonds is 10. The molecule has 29 heavy (non-hydrogen) atoms. The number of imidazole rings is 1. The minimum Gasteiger partial charge on any atom is -0.382 e. The van der Waals surface area contributed by atoms with Gasteiger partial charge in [-0.25, -0.2) is 15.0 Å². The Labute approximate surface area is 170 Å². The van der Waals surface area contributed by atoms with Crippen LogP contribution in [0.15, 0.2) is 42.7 Å². The first-order valence-electron chi connectivity index (χ1n) is 9.61. The highest BCUT2D eigenvalue weighted by molar-refractivity contribution is 7.54. The van der Waals surface area contributed by atoms with Crippen LogP contribution in [0.3, 0.4) is 0 Å². The quantitative estimate of drug-likeness (QED) is 0.500. The zero-order valence-corrected chi connectivity index (χ0v) is 17.6. The van der Waals surface area contributed by atoms with Gasteiger partial charge in [0.2, 0.25) is 0 Å². The van der Waals surface area contributed by atoms with Gasteiger partial charge in [0, 0.05) is 6.54 Å². The highest BCUT2D eigenvalue weighted by Gasteiger charge is 2.21. The summed E-state index contributed by atoms with van der Waals surface area (Å²) in [5.74, 6) is 1.00.